The van der Waals surface area contributed by atoms with Crippen LogP contribution in [0.15, 0.2) is 42.5 Å². The summed E-state index contributed by atoms with van der Waals surface area (Å²) in [4.78, 5) is 11.6. The van der Waals surface area contributed by atoms with Crippen molar-refractivity contribution in [1.29, 1.82) is 0 Å². The van der Waals surface area contributed by atoms with Gasteiger partial charge in [0.05, 0.1) is 19.6 Å². The fourth-order valence-electron chi connectivity index (χ4n) is 2.53. The van der Waals surface area contributed by atoms with Crippen LogP contribution in [0.1, 0.15) is 29.0 Å². The van der Waals surface area contributed by atoms with Gasteiger partial charge in [0, 0.05) is 6.07 Å². The van der Waals surface area contributed by atoms with Gasteiger partial charge >= 0.3 is 5.97 Å². The number of methoxy groups -OCH3 is 1. The summed E-state index contributed by atoms with van der Waals surface area (Å²) < 4.78 is 10.8. The summed E-state index contributed by atoms with van der Waals surface area (Å²) in [5, 5.41) is 9.55. The summed E-state index contributed by atoms with van der Waals surface area (Å²) in [5.41, 5.74) is 2.90. The van der Waals surface area contributed by atoms with E-state index in [-0.39, 0.29) is 0 Å². The smallest absolute Gasteiger partial charge is 0.311 e. The van der Waals surface area contributed by atoms with Gasteiger partial charge in [-0.25, -0.2) is 0 Å². The van der Waals surface area contributed by atoms with Crippen LogP contribution in [0.4, 0.5) is 0 Å². The Kier molecular flexibility index (Phi) is 5.63. The number of ether oxygens (including phenoxy) is 2. The Morgan fingerprint density at radius 2 is 1.87 bits per heavy atom. The summed E-state index contributed by atoms with van der Waals surface area (Å²) in [6.07, 6.45) is 0.414. The van der Waals surface area contributed by atoms with Gasteiger partial charge in [-0.2, -0.15) is 0 Å². The topological polar surface area (TPSA) is 55.8 Å². The average molecular weight is 314 g/mol. The summed E-state index contributed by atoms with van der Waals surface area (Å²) in [6.45, 7) is 4.24. The molecule has 0 spiro atoms. The molecule has 2 rings (SSSR count). The predicted molar refractivity (Wildman–Crippen MR) is 89.4 cm³/mol. The Morgan fingerprint density at radius 1 is 1.13 bits per heavy atom. The number of rotatable bonds is 7. The first-order chi connectivity index (χ1) is 11.0. The van der Waals surface area contributed by atoms with E-state index in [4.69, 9.17) is 9.47 Å². The molecule has 1 atom stereocenters. The first kappa shape index (κ1) is 16.9. The quantitative estimate of drug-likeness (QED) is 0.840. The van der Waals surface area contributed by atoms with E-state index in [0.29, 0.717) is 24.5 Å². The zero-order valence-corrected chi connectivity index (χ0v) is 13.7. The maximum atomic E-state index is 11.6. The maximum Gasteiger partial charge on any atom is 0.311 e. The molecule has 0 bridgehead atoms. The molecule has 0 fully saturated rings. The van der Waals surface area contributed by atoms with Crippen molar-refractivity contribution in [3.63, 3.8) is 0 Å². The van der Waals surface area contributed by atoms with Gasteiger partial charge in [0.2, 0.25) is 0 Å². The van der Waals surface area contributed by atoms with E-state index in [9.17, 15) is 9.90 Å². The second kappa shape index (κ2) is 7.68. The third-order valence-electron chi connectivity index (χ3n) is 3.82. The standard InChI is InChI=1S/C19H22O4/c1-13-7-8-14(2)18(11-13)17(19(20)21)9-10-23-16-6-4-5-15(12-16)22-3/h4-8,11-12,17H,9-10H2,1-3H3,(H,20,21). The van der Waals surface area contributed by atoms with Crippen LogP contribution in [0.5, 0.6) is 11.5 Å². The van der Waals surface area contributed by atoms with Crippen LogP contribution in [0.2, 0.25) is 0 Å². The molecule has 4 heteroatoms. The van der Waals surface area contributed by atoms with E-state index in [1.807, 2.05) is 50.2 Å². The van der Waals surface area contributed by atoms with E-state index in [1.165, 1.54) is 0 Å². The maximum absolute atomic E-state index is 11.6. The van der Waals surface area contributed by atoms with Crippen molar-refractivity contribution in [2.45, 2.75) is 26.2 Å². The van der Waals surface area contributed by atoms with Crippen LogP contribution in [0, 0.1) is 13.8 Å². The Balaban J connectivity index is 2.05. The number of aliphatic carboxylic acids is 1. The van der Waals surface area contributed by atoms with Crippen molar-refractivity contribution < 1.29 is 19.4 Å². The number of aryl methyl sites for hydroxylation is 2. The summed E-state index contributed by atoms with van der Waals surface area (Å²) in [6, 6.07) is 13.2. The second-order valence-corrected chi connectivity index (χ2v) is 5.57. The molecule has 0 aliphatic heterocycles. The third-order valence-corrected chi connectivity index (χ3v) is 3.82. The average Bonchev–Trinajstić information content (AvgIpc) is 2.54. The Labute approximate surface area is 136 Å². The zero-order chi connectivity index (χ0) is 16.8. The third kappa shape index (κ3) is 4.49. The normalized spacial score (nSPS) is 11.8. The van der Waals surface area contributed by atoms with E-state index in [0.717, 1.165) is 16.7 Å². The van der Waals surface area contributed by atoms with Gasteiger partial charge in [0.25, 0.3) is 0 Å². The van der Waals surface area contributed by atoms with Crippen LogP contribution in [0.3, 0.4) is 0 Å². The van der Waals surface area contributed by atoms with E-state index in [2.05, 4.69) is 0 Å². The summed E-state index contributed by atoms with van der Waals surface area (Å²) in [7, 11) is 1.60. The van der Waals surface area contributed by atoms with Crippen LogP contribution < -0.4 is 9.47 Å². The minimum Gasteiger partial charge on any atom is -0.497 e. The van der Waals surface area contributed by atoms with Crippen molar-refractivity contribution in [3.05, 3.63) is 59.2 Å². The molecule has 2 aromatic rings. The van der Waals surface area contributed by atoms with Gasteiger partial charge in [-0.15, -0.1) is 0 Å². The molecule has 0 amide bonds. The predicted octanol–water partition coefficient (Wildman–Crippen LogP) is 3.95. The molecule has 0 saturated carbocycles. The van der Waals surface area contributed by atoms with Crippen molar-refractivity contribution in [1.82, 2.24) is 0 Å². The second-order valence-electron chi connectivity index (χ2n) is 5.57. The van der Waals surface area contributed by atoms with Crippen molar-refractivity contribution in [2.24, 2.45) is 0 Å². The first-order valence-electron chi connectivity index (χ1n) is 7.58. The molecule has 0 aliphatic rings. The molecule has 0 aromatic heterocycles. The van der Waals surface area contributed by atoms with Crippen LogP contribution in [-0.2, 0) is 4.79 Å². The molecule has 4 nitrogen and oxygen atoms in total. The molecule has 2 aromatic carbocycles. The van der Waals surface area contributed by atoms with Gasteiger partial charge in [0.15, 0.2) is 0 Å². The highest BCUT2D eigenvalue weighted by atomic mass is 16.5. The molecule has 1 N–H and O–H groups in total. The van der Waals surface area contributed by atoms with Gasteiger partial charge in [0.1, 0.15) is 11.5 Å². The van der Waals surface area contributed by atoms with E-state index < -0.39 is 11.9 Å². The first-order valence-corrected chi connectivity index (χ1v) is 7.58. The number of hydrogen-bond acceptors (Lipinski definition) is 3. The monoisotopic (exact) mass is 314 g/mol. The molecule has 0 radical (unpaired) electrons. The summed E-state index contributed by atoms with van der Waals surface area (Å²) >= 11 is 0. The van der Waals surface area contributed by atoms with E-state index >= 15 is 0 Å². The number of carboxylic acid groups (broad SMARTS) is 1. The lowest BCUT2D eigenvalue weighted by Crippen LogP contribution is -2.16. The minimum absolute atomic E-state index is 0.331. The molecule has 122 valence electrons. The van der Waals surface area contributed by atoms with Crippen molar-refractivity contribution >= 4 is 5.97 Å². The highest BCUT2D eigenvalue weighted by molar-refractivity contribution is 5.76. The molecule has 0 aliphatic carbocycles. The molecule has 1 unspecified atom stereocenters. The van der Waals surface area contributed by atoms with Crippen LogP contribution in [0.25, 0.3) is 0 Å². The zero-order valence-electron chi connectivity index (χ0n) is 13.7. The Hall–Kier alpha value is -2.49. The Morgan fingerprint density at radius 3 is 2.57 bits per heavy atom. The lowest BCUT2D eigenvalue weighted by Gasteiger charge is -2.16. The number of carboxylic acids is 1. The van der Waals surface area contributed by atoms with Gasteiger partial charge < -0.3 is 14.6 Å². The molecule has 0 saturated heterocycles. The minimum atomic E-state index is -0.826. The summed E-state index contributed by atoms with van der Waals surface area (Å²) in [5.74, 6) is -0.00489. The largest absolute Gasteiger partial charge is 0.497 e. The fraction of sp³-hybridized carbons (Fsp3) is 0.316. The van der Waals surface area contributed by atoms with Crippen molar-refractivity contribution in [2.75, 3.05) is 13.7 Å². The van der Waals surface area contributed by atoms with Crippen LogP contribution >= 0.6 is 0 Å². The van der Waals surface area contributed by atoms with Gasteiger partial charge in [-0.3, -0.25) is 4.79 Å². The van der Waals surface area contributed by atoms with Gasteiger partial charge in [-0.05, 0) is 43.5 Å². The number of carbonyl (C=O) groups is 1. The fourth-order valence-corrected chi connectivity index (χ4v) is 2.53. The lowest BCUT2D eigenvalue weighted by molar-refractivity contribution is -0.139. The highest BCUT2D eigenvalue weighted by Gasteiger charge is 2.21. The van der Waals surface area contributed by atoms with Crippen molar-refractivity contribution in [3.8, 4) is 11.5 Å². The molecule has 0 heterocycles. The van der Waals surface area contributed by atoms with E-state index in [1.54, 1.807) is 13.2 Å². The number of hydrogen-bond donors (Lipinski definition) is 1. The van der Waals surface area contributed by atoms with Crippen LogP contribution in [-0.4, -0.2) is 24.8 Å². The Bertz CT molecular complexity index is 679. The lowest BCUT2D eigenvalue weighted by atomic mass is 9.91. The SMILES string of the molecule is COc1cccc(OCCC(C(=O)O)c2cc(C)ccc2C)c1. The molecular weight excluding hydrogens is 292 g/mol. The molecular formula is C19H22O4. The highest BCUT2D eigenvalue weighted by Crippen LogP contribution is 2.26. The van der Waals surface area contributed by atoms with Gasteiger partial charge in [-0.1, -0.05) is 29.8 Å². The number of benzene rings is 2. The molecule has 23 heavy (non-hydrogen) atoms.